The fourth-order valence-electron chi connectivity index (χ4n) is 3.92. The molecule has 0 bridgehead atoms. The Kier molecular flexibility index (Phi) is 5.04. The molecule has 0 saturated heterocycles. The van der Waals surface area contributed by atoms with Crippen LogP contribution in [0.3, 0.4) is 0 Å². The number of aliphatic imine (C=N–C) groups is 1. The fourth-order valence-corrected chi connectivity index (χ4v) is 4.16. The lowest BCUT2D eigenvalue weighted by atomic mass is 9.90. The zero-order valence-electron chi connectivity index (χ0n) is 12.8. The van der Waals surface area contributed by atoms with Crippen molar-refractivity contribution in [2.75, 3.05) is 13.3 Å². The maximum atomic E-state index is 6.38. The monoisotopic (exact) mass is 313 g/mol. The number of amidine groups is 1. The molecule has 0 aromatic carbocycles. The van der Waals surface area contributed by atoms with Gasteiger partial charge in [-0.1, -0.05) is 0 Å². The summed E-state index contributed by atoms with van der Waals surface area (Å²) in [5.41, 5.74) is 12.0. The Morgan fingerprint density at radius 1 is 0.857 bits per heavy atom. The van der Waals surface area contributed by atoms with E-state index >= 15 is 0 Å². The second-order valence-electron chi connectivity index (χ2n) is 6.91. The molecule has 120 valence electrons. The summed E-state index contributed by atoms with van der Waals surface area (Å²) >= 11 is 6.38. The van der Waals surface area contributed by atoms with Crippen LogP contribution in [0.4, 0.5) is 0 Å². The summed E-state index contributed by atoms with van der Waals surface area (Å²) in [5.74, 6) is 0. The average Bonchev–Trinajstić information content (AvgIpc) is 2.50. The van der Waals surface area contributed by atoms with Crippen LogP contribution in [0.15, 0.2) is 4.99 Å². The normalized spacial score (nSPS) is 39.2. The molecule has 3 rings (SSSR count). The second-order valence-corrected chi connectivity index (χ2v) is 7.24. The summed E-state index contributed by atoms with van der Waals surface area (Å²) in [6, 6.07) is 1.90. The molecule has 2 fully saturated rings. The zero-order valence-corrected chi connectivity index (χ0v) is 13.5. The van der Waals surface area contributed by atoms with E-state index < -0.39 is 0 Å². The first-order valence-corrected chi connectivity index (χ1v) is 8.73. The third-order valence-corrected chi connectivity index (χ3v) is 5.73. The predicted molar refractivity (Wildman–Crippen MR) is 87.2 cm³/mol. The van der Waals surface area contributed by atoms with Gasteiger partial charge in [0, 0.05) is 24.2 Å². The number of hydrogen-bond acceptors (Lipinski definition) is 5. The highest BCUT2D eigenvalue weighted by Gasteiger charge is 2.32. The molecule has 4 N–H and O–H groups in total. The molecule has 0 atom stereocenters. The van der Waals surface area contributed by atoms with Crippen molar-refractivity contribution in [3.05, 3.63) is 0 Å². The molecule has 2 saturated carbocycles. The van der Waals surface area contributed by atoms with E-state index in [1.165, 1.54) is 12.8 Å². The van der Waals surface area contributed by atoms with E-state index in [0.717, 1.165) is 51.9 Å². The lowest BCUT2D eigenvalue weighted by Gasteiger charge is -2.45. The van der Waals surface area contributed by atoms with Crippen molar-refractivity contribution in [1.82, 2.24) is 9.80 Å². The zero-order chi connectivity index (χ0) is 14.8. The lowest BCUT2D eigenvalue weighted by molar-refractivity contribution is 0.0685. The van der Waals surface area contributed by atoms with Gasteiger partial charge in [-0.3, -0.25) is 4.90 Å². The lowest BCUT2D eigenvalue weighted by Crippen LogP contribution is -2.54. The molecule has 1 aliphatic heterocycles. The van der Waals surface area contributed by atoms with Crippen LogP contribution in [0.1, 0.15) is 51.4 Å². The molecule has 0 amide bonds. The number of hydrogen-bond donors (Lipinski definition) is 2. The summed E-state index contributed by atoms with van der Waals surface area (Å²) in [7, 11) is 0. The van der Waals surface area contributed by atoms with Crippen molar-refractivity contribution in [2.45, 2.75) is 75.5 Å². The highest BCUT2D eigenvalue weighted by Crippen LogP contribution is 2.28. The summed E-state index contributed by atoms with van der Waals surface area (Å²) in [6.45, 7) is 1.66. The van der Waals surface area contributed by atoms with Gasteiger partial charge in [0.25, 0.3) is 0 Å². The van der Waals surface area contributed by atoms with E-state index in [-0.39, 0.29) is 0 Å². The number of rotatable bonds is 2. The first kappa shape index (κ1) is 15.5. The number of halogens is 1. The Morgan fingerprint density at radius 3 is 1.95 bits per heavy atom. The first-order valence-electron chi connectivity index (χ1n) is 8.35. The average molecular weight is 314 g/mol. The molecular formula is C15H28ClN5. The Bertz CT molecular complexity index is 372. The largest absolute Gasteiger partial charge is 0.331 e. The maximum Gasteiger partial charge on any atom is 0.196 e. The quantitative estimate of drug-likeness (QED) is 0.761. The van der Waals surface area contributed by atoms with Crippen LogP contribution in [0.25, 0.3) is 0 Å². The third-order valence-electron chi connectivity index (χ3n) is 5.39. The van der Waals surface area contributed by atoms with Crippen molar-refractivity contribution < 1.29 is 0 Å². The van der Waals surface area contributed by atoms with Crippen molar-refractivity contribution in [1.29, 1.82) is 0 Å². The molecule has 5 nitrogen and oxygen atoms in total. The Morgan fingerprint density at radius 2 is 1.38 bits per heavy atom. The standard InChI is InChI=1S/C15H28ClN5/c16-15-19-9-20(13-5-1-11(17)2-6-13)10-21(15)14-7-3-12(18)4-8-14/h11-14H,1-10,17-18H2. The number of nitrogens with zero attached hydrogens (tertiary/aromatic N) is 3. The van der Waals surface area contributed by atoms with E-state index in [0.29, 0.717) is 29.5 Å². The van der Waals surface area contributed by atoms with Gasteiger partial charge < -0.3 is 16.4 Å². The van der Waals surface area contributed by atoms with Crippen LogP contribution in [-0.2, 0) is 0 Å². The molecule has 0 unspecified atom stereocenters. The topological polar surface area (TPSA) is 70.9 Å². The van der Waals surface area contributed by atoms with Gasteiger partial charge in [0.1, 0.15) is 0 Å². The van der Waals surface area contributed by atoms with Gasteiger partial charge in [-0.2, -0.15) is 0 Å². The van der Waals surface area contributed by atoms with Gasteiger partial charge in [-0.25, -0.2) is 4.99 Å². The van der Waals surface area contributed by atoms with E-state index in [2.05, 4.69) is 14.8 Å². The van der Waals surface area contributed by atoms with Crippen LogP contribution < -0.4 is 11.5 Å². The second kappa shape index (κ2) is 6.82. The molecule has 3 aliphatic rings. The fraction of sp³-hybridized carbons (Fsp3) is 0.933. The molecule has 0 aromatic heterocycles. The Labute approximate surface area is 132 Å². The Hall–Kier alpha value is -0.360. The van der Waals surface area contributed by atoms with E-state index in [4.69, 9.17) is 23.1 Å². The summed E-state index contributed by atoms with van der Waals surface area (Å²) in [4.78, 5) is 9.33. The minimum Gasteiger partial charge on any atom is -0.331 e. The minimum absolute atomic E-state index is 0.373. The first-order chi connectivity index (χ1) is 10.1. The smallest absolute Gasteiger partial charge is 0.196 e. The molecule has 0 spiro atoms. The minimum atomic E-state index is 0.373. The van der Waals surface area contributed by atoms with Crippen molar-refractivity contribution >= 4 is 16.9 Å². The molecule has 0 aromatic rings. The summed E-state index contributed by atoms with van der Waals surface area (Å²) in [6.07, 6.45) is 9.13. The van der Waals surface area contributed by atoms with Gasteiger partial charge >= 0.3 is 0 Å². The van der Waals surface area contributed by atoms with Gasteiger partial charge in [0.2, 0.25) is 0 Å². The van der Waals surface area contributed by atoms with Crippen LogP contribution in [0, 0.1) is 0 Å². The van der Waals surface area contributed by atoms with Gasteiger partial charge in [0.15, 0.2) is 5.29 Å². The van der Waals surface area contributed by atoms with Crippen LogP contribution in [0.2, 0.25) is 0 Å². The van der Waals surface area contributed by atoms with Gasteiger partial charge in [-0.05, 0) is 63.0 Å². The van der Waals surface area contributed by atoms with Crippen molar-refractivity contribution in [3.63, 3.8) is 0 Å². The van der Waals surface area contributed by atoms with Crippen LogP contribution in [0.5, 0.6) is 0 Å². The van der Waals surface area contributed by atoms with E-state index in [1.807, 2.05) is 0 Å². The molecule has 0 radical (unpaired) electrons. The molecule has 21 heavy (non-hydrogen) atoms. The van der Waals surface area contributed by atoms with E-state index in [9.17, 15) is 0 Å². The van der Waals surface area contributed by atoms with Crippen LogP contribution >= 0.6 is 11.6 Å². The highest BCUT2D eigenvalue weighted by molar-refractivity contribution is 6.64. The summed E-state index contributed by atoms with van der Waals surface area (Å²) in [5, 5.41) is 0.694. The molecule has 1 heterocycles. The van der Waals surface area contributed by atoms with Gasteiger partial charge in [-0.15, -0.1) is 0 Å². The molecule has 6 heteroatoms. The highest BCUT2D eigenvalue weighted by atomic mass is 35.5. The van der Waals surface area contributed by atoms with Crippen molar-refractivity contribution in [3.8, 4) is 0 Å². The molecule has 2 aliphatic carbocycles. The SMILES string of the molecule is NC1CCC(N2CN=C(Cl)N(C3CCC(N)CC3)C2)CC1. The van der Waals surface area contributed by atoms with Crippen LogP contribution in [-0.4, -0.2) is 52.6 Å². The molecular weight excluding hydrogens is 286 g/mol. The Balaban J connectivity index is 1.60. The number of nitrogens with two attached hydrogens (primary N) is 2. The maximum absolute atomic E-state index is 6.38. The van der Waals surface area contributed by atoms with Gasteiger partial charge in [0.05, 0.1) is 13.3 Å². The van der Waals surface area contributed by atoms with Crippen molar-refractivity contribution in [2.24, 2.45) is 16.5 Å². The van der Waals surface area contributed by atoms with E-state index in [1.54, 1.807) is 0 Å². The predicted octanol–water partition coefficient (Wildman–Crippen LogP) is 1.65. The summed E-state index contributed by atoms with van der Waals surface area (Å²) < 4.78 is 0. The third kappa shape index (κ3) is 3.70.